The summed E-state index contributed by atoms with van der Waals surface area (Å²) < 4.78 is 11.7. The SMILES string of the molecule is Cc1c(OCc2cc(=O)oc3cc(Br)ccc23)cccc1[N+](=O)[O-]. The van der Waals surface area contributed by atoms with E-state index in [1.807, 2.05) is 12.1 Å². The number of ether oxygens (including phenoxy) is 1. The Morgan fingerprint density at radius 2 is 2.04 bits per heavy atom. The first-order valence-electron chi connectivity index (χ1n) is 7.05. The first kappa shape index (κ1) is 16.2. The van der Waals surface area contributed by atoms with Crippen molar-refractivity contribution in [1.29, 1.82) is 0 Å². The van der Waals surface area contributed by atoms with Crippen LogP contribution in [0.15, 0.2) is 56.1 Å². The van der Waals surface area contributed by atoms with Crippen molar-refractivity contribution < 1.29 is 14.1 Å². The number of rotatable bonds is 4. The van der Waals surface area contributed by atoms with Crippen LogP contribution in [0.3, 0.4) is 0 Å². The van der Waals surface area contributed by atoms with Gasteiger partial charge in [-0.2, -0.15) is 0 Å². The number of halogens is 1. The van der Waals surface area contributed by atoms with E-state index in [1.165, 1.54) is 12.1 Å². The average Bonchev–Trinajstić information content (AvgIpc) is 2.52. The first-order valence-corrected chi connectivity index (χ1v) is 7.84. The van der Waals surface area contributed by atoms with Crippen molar-refractivity contribution >= 4 is 32.6 Å². The molecule has 122 valence electrons. The van der Waals surface area contributed by atoms with Crippen LogP contribution < -0.4 is 10.4 Å². The lowest BCUT2D eigenvalue weighted by Crippen LogP contribution is -2.05. The maximum atomic E-state index is 11.7. The minimum atomic E-state index is -0.477. The van der Waals surface area contributed by atoms with Crippen LogP contribution >= 0.6 is 15.9 Å². The second-order valence-corrected chi connectivity index (χ2v) is 6.09. The van der Waals surface area contributed by atoms with Gasteiger partial charge in [0, 0.05) is 27.6 Å². The molecule has 0 saturated heterocycles. The summed E-state index contributed by atoms with van der Waals surface area (Å²) in [5.41, 5.74) is 1.06. The van der Waals surface area contributed by atoms with Crippen LogP contribution in [0.5, 0.6) is 5.75 Å². The van der Waals surface area contributed by atoms with Gasteiger partial charge >= 0.3 is 5.63 Å². The van der Waals surface area contributed by atoms with Crippen LogP contribution in [0.1, 0.15) is 11.1 Å². The van der Waals surface area contributed by atoms with E-state index < -0.39 is 10.5 Å². The van der Waals surface area contributed by atoms with E-state index in [4.69, 9.17) is 9.15 Å². The summed E-state index contributed by atoms with van der Waals surface area (Å²) in [4.78, 5) is 22.2. The molecule has 3 rings (SSSR count). The zero-order valence-corrected chi connectivity index (χ0v) is 14.2. The maximum Gasteiger partial charge on any atom is 0.336 e. The molecule has 7 heteroatoms. The van der Waals surface area contributed by atoms with Gasteiger partial charge in [-0.15, -0.1) is 0 Å². The van der Waals surface area contributed by atoms with Crippen molar-refractivity contribution in [2.75, 3.05) is 0 Å². The van der Waals surface area contributed by atoms with Crippen LogP contribution in [0, 0.1) is 17.0 Å². The molecular formula is C17H12BrNO5. The van der Waals surface area contributed by atoms with E-state index in [2.05, 4.69) is 15.9 Å². The fourth-order valence-electron chi connectivity index (χ4n) is 2.44. The molecule has 24 heavy (non-hydrogen) atoms. The van der Waals surface area contributed by atoms with Gasteiger partial charge in [0.05, 0.1) is 10.5 Å². The van der Waals surface area contributed by atoms with Gasteiger partial charge in [-0.3, -0.25) is 10.1 Å². The lowest BCUT2D eigenvalue weighted by Gasteiger charge is -2.10. The maximum absolute atomic E-state index is 11.7. The van der Waals surface area contributed by atoms with Crippen molar-refractivity contribution in [1.82, 2.24) is 0 Å². The third-order valence-corrected chi connectivity index (χ3v) is 4.12. The Bertz CT molecular complexity index is 996. The highest BCUT2D eigenvalue weighted by Gasteiger charge is 2.15. The quantitative estimate of drug-likeness (QED) is 0.376. The predicted molar refractivity (Wildman–Crippen MR) is 92.3 cm³/mol. The number of nitro groups is 1. The molecular weight excluding hydrogens is 378 g/mol. The molecule has 0 saturated carbocycles. The van der Waals surface area contributed by atoms with E-state index in [0.29, 0.717) is 22.5 Å². The van der Waals surface area contributed by atoms with Crippen LogP contribution in [0.25, 0.3) is 11.0 Å². The summed E-state index contributed by atoms with van der Waals surface area (Å²) >= 11 is 3.33. The largest absolute Gasteiger partial charge is 0.488 e. The highest BCUT2D eigenvalue weighted by atomic mass is 79.9. The van der Waals surface area contributed by atoms with Gasteiger partial charge in [-0.25, -0.2) is 4.79 Å². The molecule has 0 unspecified atom stereocenters. The molecule has 1 aromatic heterocycles. The molecule has 0 amide bonds. The molecule has 6 nitrogen and oxygen atoms in total. The minimum absolute atomic E-state index is 0.00568. The van der Waals surface area contributed by atoms with Crippen LogP contribution in [0.2, 0.25) is 0 Å². The third-order valence-electron chi connectivity index (χ3n) is 3.63. The fraction of sp³-hybridized carbons (Fsp3) is 0.118. The Balaban J connectivity index is 1.96. The van der Waals surface area contributed by atoms with Gasteiger partial charge < -0.3 is 9.15 Å². The van der Waals surface area contributed by atoms with Gasteiger partial charge in [0.1, 0.15) is 17.9 Å². The van der Waals surface area contributed by atoms with Gasteiger partial charge in [-0.1, -0.05) is 22.0 Å². The number of nitrogens with zero attached hydrogens (tertiary/aromatic N) is 1. The first-order chi connectivity index (χ1) is 11.5. The summed E-state index contributed by atoms with van der Waals surface area (Å²) in [5, 5.41) is 11.7. The van der Waals surface area contributed by atoms with Gasteiger partial charge in [-0.05, 0) is 31.2 Å². The number of benzene rings is 2. The molecule has 1 heterocycles. The van der Waals surface area contributed by atoms with Crippen LogP contribution in [0.4, 0.5) is 5.69 Å². The fourth-order valence-corrected chi connectivity index (χ4v) is 2.78. The molecule has 0 bridgehead atoms. The highest BCUT2D eigenvalue weighted by molar-refractivity contribution is 9.10. The van der Waals surface area contributed by atoms with E-state index >= 15 is 0 Å². The molecule has 0 spiro atoms. The molecule has 0 aliphatic heterocycles. The third kappa shape index (κ3) is 3.16. The molecule has 0 atom stereocenters. The standard InChI is InChI=1S/C17H12BrNO5/c1-10-14(19(21)22)3-2-4-15(10)23-9-11-7-17(20)24-16-8-12(18)5-6-13(11)16/h2-8H,9H2,1H3. The Morgan fingerprint density at radius 1 is 1.25 bits per heavy atom. The zero-order valence-electron chi connectivity index (χ0n) is 12.6. The molecule has 3 aromatic rings. The molecule has 0 aliphatic carbocycles. The zero-order chi connectivity index (χ0) is 17.3. The Kier molecular flexibility index (Phi) is 4.35. The average molecular weight is 390 g/mol. The Hall–Kier alpha value is -2.67. The molecule has 0 aliphatic rings. The van der Waals surface area contributed by atoms with Crippen LogP contribution in [-0.2, 0) is 6.61 Å². The minimum Gasteiger partial charge on any atom is -0.488 e. The van der Waals surface area contributed by atoms with Crippen molar-refractivity contribution in [2.24, 2.45) is 0 Å². The number of nitro benzene ring substituents is 1. The summed E-state index contributed by atoms with van der Waals surface area (Å²) in [6.07, 6.45) is 0. The number of hydrogen-bond donors (Lipinski definition) is 0. The molecule has 0 fully saturated rings. The summed E-state index contributed by atoms with van der Waals surface area (Å²) in [7, 11) is 0. The van der Waals surface area contributed by atoms with Gasteiger partial charge in [0.25, 0.3) is 5.69 Å². The topological polar surface area (TPSA) is 82.6 Å². The number of fused-ring (bicyclic) bond motifs is 1. The van der Waals surface area contributed by atoms with E-state index in [0.717, 1.165) is 9.86 Å². The molecule has 0 radical (unpaired) electrons. The lowest BCUT2D eigenvalue weighted by atomic mass is 10.1. The van der Waals surface area contributed by atoms with Gasteiger partial charge in [0.2, 0.25) is 0 Å². The second kappa shape index (κ2) is 6.45. The van der Waals surface area contributed by atoms with Crippen molar-refractivity contribution in [3.8, 4) is 5.75 Å². The lowest BCUT2D eigenvalue weighted by molar-refractivity contribution is -0.385. The van der Waals surface area contributed by atoms with Crippen molar-refractivity contribution in [3.63, 3.8) is 0 Å². The van der Waals surface area contributed by atoms with Crippen molar-refractivity contribution in [3.05, 3.63) is 78.6 Å². The number of hydrogen-bond acceptors (Lipinski definition) is 5. The Morgan fingerprint density at radius 3 is 2.79 bits per heavy atom. The van der Waals surface area contributed by atoms with Gasteiger partial charge in [0.15, 0.2) is 0 Å². The van der Waals surface area contributed by atoms with Crippen LogP contribution in [-0.4, -0.2) is 4.92 Å². The summed E-state index contributed by atoms with van der Waals surface area (Å²) in [6.45, 7) is 1.73. The smallest absolute Gasteiger partial charge is 0.336 e. The second-order valence-electron chi connectivity index (χ2n) is 5.18. The van der Waals surface area contributed by atoms with E-state index in [9.17, 15) is 14.9 Å². The summed E-state index contributed by atoms with van der Waals surface area (Å²) in [5.74, 6) is 0.405. The monoisotopic (exact) mass is 389 g/mol. The molecule has 0 N–H and O–H groups in total. The van der Waals surface area contributed by atoms with Crippen molar-refractivity contribution in [2.45, 2.75) is 13.5 Å². The predicted octanol–water partition coefficient (Wildman–Crippen LogP) is 4.35. The summed E-state index contributed by atoms with van der Waals surface area (Å²) in [6, 6.07) is 11.4. The normalized spacial score (nSPS) is 10.8. The van der Waals surface area contributed by atoms with E-state index in [1.54, 1.807) is 25.1 Å². The molecule has 2 aromatic carbocycles. The Labute approximate surface area is 145 Å². The van der Waals surface area contributed by atoms with E-state index in [-0.39, 0.29) is 12.3 Å². The highest BCUT2D eigenvalue weighted by Crippen LogP contribution is 2.28.